The summed E-state index contributed by atoms with van der Waals surface area (Å²) >= 11 is 3.60. The van der Waals surface area contributed by atoms with Crippen LogP contribution < -0.4 is 18.9 Å². The van der Waals surface area contributed by atoms with E-state index in [0.29, 0.717) is 0 Å². The Bertz CT molecular complexity index is 65.4. The third kappa shape index (κ3) is 89.9. The van der Waals surface area contributed by atoms with Crippen molar-refractivity contribution in [2.24, 2.45) is 0 Å². The summed E-state index contributed by atoms with van der Waals surface area (Å²) in [6.07, 6.45) is 0. The average molecular weight is 178 g/mol. The van der Waals surface area contributed by atoms with Gasteiger partial charge in [0, 0.05) is 17.1 Å². The van der Waals surface area contributed by atoms with Crippen molar-refractivity contribution in [3.63, 3.8) is 0 Å². The molecule has 0 aromatic rings. The zero-order valence-electron chi connectivity index (χ0n) is 4.55. The molecule has 0 unspecified atom stereocenters. The fourth-order valence-corrected chi connectivity index (χ4v) is 0. The first-order valence-corrected chi connectivity index (χ1v) is 3.44. The van der Waals surface area contributed by atoms with E-state index >= 15 is 0 Å². The standard InChI is InChI=1S/Fe.Li.H3O3PS.H/c;;1-4(2,3)5;/h;;(H3,1,2,3,5);/q;+1;;-1. The van der Waals surface area contributed by atoms with Crippen LogP contribution in [0.3, 0.4) is 0 Å². The van der Waals surface area contributed by atoms with E-state index in [-0.39, 0.29) is 37.4 Å². The Morgan fingerprint density at radius 3 is 1.29 bits per heavy atom. The molecule has 0 aromatic heterocycles. The second-order valence-electron chi connectivity index (χ2n) is 0.513. The quantitative estimate of drug-likeness (QED) is 0.264. The Morgan fingerprint density at radius 1 is 1.29 bits per heavy atom. The molecule has 0 fully saturated rings. The minimum atomic E-state index is -3.81. The topological polar surface area (TPSA) is 60.7 Å². The number of hydrogen-bond donors (Lipinski definition) is 3. The molecule has 0 aliphatic heterocycles. The molecule has 0 bridgehead atoms. The zero-order valence-corrected chi connectivity index (χ0v) is 6.37. The zero-order chi connectivity index (χ0) is 4.50. The summed E-state index contributed by atoms with van der Waals surface area (Å²) in [5.41, 5.74) is 0. The molecule has 3 nitrogen and oxygen atoms in total. The third-order valence-corrected chi connectivity index (χ3v) is 0. The van der Waals surface area contributed by atoms with E-state index in [1.54, 1.807) is 0 Å². The van der Waals surface area contributed by atoms with Gasteiger partial charge in [-0.2, -0.15) is 0 Å². The minimum absolute atomic E-state index is 0. The van der Waals surface area contributed by atoms with Crippen LogP contribution in [0.4, 0.5) is 0 Å². The smallest absolute Gasteiger partial charge is 1.00 e. The summed E-state index contributed by atoms with van der Waals surface area (Å²) < 4.78 is 0. The van der Waals surface area contributed by atoms with Crippen LogP contribution in [0.15, 0.2) is 0 Å². The van der Waals surface area contributed by atoms with Crippen molar-refractivity contribution in [3.8, 4) is 0 Å². The van der Waals surface area contributed by atoms with Crippen molar-refractivity contribution < 1.29 is 52.0 Å². The molecule has 42 valence electrons. The van der Waals surface area contributed by atoms with Crippen LogP contribution in [-0.2, 0) is 28.9 Å². The first-order valence-electron chi connectivity index (χ1n) is 0.783. The van der Waals surface area contributed by atoms with Gasteiger partial charge in [0.25, 0.3) is 0 Å². The van der Waals surface area contributed by atoms with E-state index in [1.165, 1.54) is 0 Å². The molecule has 0 rings (SSSR count). The maximum absolute atomic E-state index is 7.56. The second kappa shape index (κ2) is 5.78. The van der Waals surface area contributed by atoms with E-state index in [0.717, 1.165) is 0 Å². The first-order chi connectivity index (χ1) is 2.00. The largest absolute Gasteiger partial charge is 1.00 e. The summed E-state index contributed by atoms with van der Waals surface area (Å²) in [6, 6.07) is 0. The number of hydrogen-bond acceptors (Lipinski definition) is 1. The van der Waals surface area contributed by atoms with Gasteiger partial charge in [-0.05, 0) is 11.8 Å². The van der Waals surface area contributed by atoms with E-state index in [4.69, 9.17) is 14.7 Å². The van der Waals surface area contributed by atoms with Gasteiger partial charge in [-0.1, -0.05) is 0 Å². The summed E-state index contributed by atoms with van der Waals surface area (Å²) in [5.74, 6) is 0. The fraction of sp³-hybridized carbons (Fsp3) is 0. The van der Waals surface area contributed by atoms with Crippen molar-refractivity contribution in [3.05, 3.63) is 0 Å². The predicted octanol–water partition coefficient (Wildman–Crippen LogP) is -3.70. The Balaban J connectivity index is -0.0000000267. The van der Waals surface area contributed by atoms with Gasteiger partial charge in [-0.15, -0.1) is 0 Å². The molecule has 0 spiro atoms. The molecule has 7 heavy (non-hydrogen) atoms. The van der Waals surface area contributed by atoms with Gasteiger partial charge >= 0.3 is 25.6 Å². The monoisotopic (exact) mass is 178 g/mol. The summed E-state index contributed by atoms with van der Waals surface area (Å²) in [4.78, 5) is 22.7. The van der Waals surface area contributed by atoms with Crippen LogP contribution >= 0.6 is 6.72 Å². The van der Waals surface area contributed by atoms with Crippen LogP contribution in [0, 0.1) is 0 Å². The van der Waals surface area contributed by atoms with E-state index in [9.17, 15) is 0 Å². The number of rotatable bonds is 0. The Morgan fingerprint density at radius 2 is 1.29 bits per heavy atom. The van der Waals surface area contributed by atoms with Crippen LogP contribution in [0.5, 0.6) is 0 Å². The molecule has 0 saturated carbocycles. The van der Waals surface area contributed by atoms with Crippen molar-refractivity contribution in [1.82, 2.24) is 0 Å². The fourth-order valence-electron chi connectivity index (χ4n) is 0. The molecular weight excluding hydrogens is 174 g/mol. The molecule has 0 saturated heterocycles. The summed E-state index contributed by atoms with van der Waals surface area (Å²) in [5, 5.41) is 0. The van der Waals surface area contributed by atoms with Crippen LogP contribution in [0.25, 0.3) is 0 Å². The summed E-state index contributed by atoms with van der Waals surface area (Å²) in [6.45, 7) is -3.81. The second-order valence-corrected chi connectivity index (χ2v) is 3.01. The molecule has 3 N–H and O–H groups in total. The average Bonchev–Trinajstić information content (AvgIpc) is 0.722. The predicted molar refractivity (Wildman–Crippen MR) is 22.1 cm³/mol. The van der Waals surface area contributed by atoms with E-state index in [2.05, 4.69) is 11.8 Å². The van der Waals surface area contributed by atoms with Gasteiger partial charge in [0.05, 0.1) is 0 Å². The maximum atomic E-state index is 7.56. The molecule has 7 heteroatoms. The molecular formula is H4FeLiO3PS. The van der Waals surface area contributed by atoms with Crippen molar-refractivity contribution in [1.29, 1.82) is 0 Å². The van der Waals surface area contributed by atoms with Gasteiger partial charge < -0.3 is 16.1 Å². The molecule has 0 aliphatic rings. The Kier molecular flexibility index (Phi) is 13.1. The van der Waals surface area contributed by atoms with Crippen molar-refractivity contribution in [2.75, 3.05) is 0 Å². The SMILES string of the molecule is OP(O)(O)=S.[Fe].[H-].[Li+]. The first kappa shape index (κ1) is 15.9. The Labute approximate surface area is 70.5 Å². The molecule has 0 heterocycles. The normalized spacial score (nSPS) is 8.43. The Hall–Kier alpha value is 1.65. The maximum Gasteiger partial charge on any atom is 1.00 e. The van der Waals surface area contributed by atoms with Gasteiger partial charge in [0.2, 0.25) is 0 Å². The molecule has 0 atom stereocenters. The molecule has 0 amide bonds. The molecule has 0 aliphatic carbocycles. The minimum Gasteiger partial charge on any atom is -1.00 e. The van der Waals surface area contributed by atoms with Crippen LogP contribution in [0.1, 0.15) is 1.43 Å². The van der Waals surface area contributed by atoms with E-state index in [1.807, 2.05) is 0 Å². The molecule has 0 radical (unpaired) electrons. The van der Waals surface area contributed by atoms with Crippen LogP contribution in [0.2, 0.25) is 0 Å². The third-order valence-electron chi connectivity index (χ3n) is 0. The van der Waals surface area contributed by atoms with Crippen LogP contribution in [-0.4, -0.2) is 14.7 Å². The van der Waals surface area contributed by atoms with Gasteiger partial charge in [-0.3, -0.25) is 0 Å². The van der Waals surface area contributed by atoms with Gasteiger partial charge in [0.15, 0.2) is 0 Å². The van der Waals surface area contributed by atoms with Gasteiger partial charge in [0.1, 0.15) is 0 Å². The van der Waals surface area contributed by atoms with Crippen molar-refractivity contribution in [2.45, 2.75) is 0 Å². The van der Waals surface area contributed by atoms with E-state index < -0.39 is 6.72 Å². The molecule has 0 aromatic carbocycles. The van der Waals surface area contributed by atoms with Crippen molar-refractivity contribution >= 4 is 18.5 Å². The summed E-state index contributed by atoms with van der Waals surface area (Å²) in [7, 11) is 0. The van der Waals surface area contributed by atoms with Gasteiger partial charge in [-0.25, -0.2) is 0 Å².